The highest BCUT2D eigenvalue weighted by molar-refractivity contribution is 6.99. The molecule has 0 amide bonds. The van der Waals surface area contributed by atoms with Crippen LogP contribution in [0.3, 0.4) is 0 Å². The predicted molar refractivity (Wildman–Crippen MR) is 247 cm³/mol. The summed E-state index contributed by atoms with van der Waals surface area (Å²) < 4.78 is 6.46. The van der Waals surface area contributed by atoms with Gasteiger partial charge in [0.2, 0.25) is 6.71 Å². The van der Waals surface area contributed by atoms with E-state index in [0.717, 1.165) is 28.6 Å². The van der Waals surface area contributed by atoms with E-state index in [1.165, 1.54) is 72.4 Å². The lowest BCUT2D eigenvalue weighted by atomic mass is 9.36. The van der Waals surface area contributed by atoms with E-state index in [1.54, 1.807) is 0 Å². The van der Waals surface area contributed by atoms with E-state index in [2.05, 4.69) is 211 Å². The van der Waals surface area contributed by atoms with Gasteiger partial charge in [-0.15, -0.1) is 0 Å². The van der Waals surface area contributed by atoms with Gasteiger partial charge < -0.3 is 14.5 Å². The minimum absolute atomic E-state index is 0.105. The van der Waals surface area contributed by atoms with E-state index in [4.69, 9.17) is 4.74 Å². The molecule has 7 aromatic carbocycles. The monoisotopic (exact) mass is 754 g/mol. The minimum atomic E-state index is -0.125. The molecule has 3 heterocycles. The number of hydrogen-bond donors (Lipinski definition) is 0. The Labute approximate surface area is 345 Å². The maximum Gasteiger partial charge on any atom is 0.243 e. The Morgan fingerprint density at radius 3 is 1.33 bits per heavy atom. The summed E-state index contributed by atoms with van der Waals surface area (Å²) in [5, 5.41) is 0. The van der Waals surface area contributed by atoms with Gasteiger partial charge >= 0.3 is 0 Å². The van der Waals surface area contributed by atoms with Gasteiger partial charge in [-0.25, -0.2) is 0 Å². The largest absolute Gasteiger partial charge is 0.453 e. The molecule has 7 aromatic rings. The predicted octanol–water partition coefficient (Wildman–Crippen LogP) is 13.2. The van der Waals surface area contributed by atoms with Crippen LogP contribution in [0.5, 0.6) is 11.5 Å². The lowest BCUT2D eigenvalue weighted by Crippen LogP contribution is -2.52. The van der Waals surface area contributed by atoms with Crippen molar-refractivity contribution in [3.63, 3.8) is 0 Å². The van der Waals surface area contributed by atoms with E-state index in [9.17, 15) is 0 Å². The standard InChI is InChI=1S/C54H51BN2O/c1-33(2)36-29-39(34(3)4)53(40(30-36)35(5)6)55-45-27-25-37(56-47-19-11-9-17-43(47)54(7,8)44-18-10-12-20-48(44)56)31-41(45)42-32-38(26-28-46(42)55)57-49-21-13-15-23-51(49)58-52-24-16-14-22-50(52)57/h9-35H,1-8H3. The number of hydrogen-bond acceptors (Lipinski definition) is 3. The van der Waals surface area contributed by atoms with Gasteiger partial charge in [0.05, 0.1) is 22.7 Å². The van der Waals surface area contributed by atoms with Crippen molar-refractivity contribution in [2.75, 3.05) is 9.80 Å². The van der Waals surface area contributed by atoms with Crippen LogP contribution in [0.1, 0.15) is 101 Å². The summed E-state index contributed by atoms with van der Waals surface area (Å²) in [7, 11) is 0. The third-order valence-corrected chi connectivity index (χ3v) is 13.0. The van der Waals surface area contributed by atoms with Gasteiger partial charge in [-0.3, -0.25) is 0 Å². The van der Waals surface area contributed by atoms with Gasteiger partial charge in [0.15, 0.2) is 11.5 Å². The molecule has 3 aliphatic rings. The Bertz CT molecular complexity index is 2640. The molecule has 0 fully saturated rings. The molecule has 0 saturated heterocycles. The van der Waals surface area contributed by atoms with Crippen molar-refractivity contribution in [2.24, 2.45) is 0 Å². The number of para-hydroxylation sites is 6. The molecule has 0 aliphatic carbocycles. The quantitative estimate of drug-likeness (QED) is 0.157. The average molecular weight is 755 g/mol. The van der Waals surface area contributed by atoms with Crippen LogP contribution in [0, 0.1) is 0 Å². The number of ether oxygens (including phenoxy) is 1. The smallest absolute Gasteiger partial charge is 0.243 e. The second kappa shape index (κ2) is 13.6. The molecule has 0 radical (unpaired) electrons. The molecule has 58 heavy (non-hydrogen) atoms. The van der Waals surface area contributed by atoms with Crippen molar-refractivity contribution < 1.29 is 4.74 Å². The third kappa shape index (κ3) is 5.48. The molecular formula is C54H51BN2O. The van der Waals surface area contributed by atoms with E-state index >= 15 is 0 Å². The van der Waals surface area contributed by atoms with Crippen molar-refractivity contribution in [1.29, 1.82) is 0 Å². The van der Waals surface area contributed by atoms with E-state index in [1.807, 2.05) is 0 Å². The van der Waals surface area contributed by atoms with Crippen LogP contribution < -0.4 is 30.9 Å². The van der Waals surface area contributed by atoms with Gasteiger partial charge in [0.25, 0.3) is 0 Å². The molecule has 286 valence electrons. The normalized spacial score (nSPS) is 14.5. The zero-order valence-corrected chi connectivity index (χ0v) is 35.0. The summed E-state index contributed by atoms with van der Waals surface area (Å²) in [5.74, 6) is 2.94. The molecule has 4 heteroatoms. The Morgan fingerprint density at radius 1 is 0.466 bits per heavy atom. The second-order valence-electron chi connectivity index (χ2n) is 17.9. The minimum Gasteiger partial charge on any atom is -0.453 e. The van der Waals surface area contributed by atoms with Crippen molar-refractivity contribution in [3.05, 3.63) is 173 Å². The van der Waals surface area contributed by atoms with Crippen LogP contribution >= 0.6 is 0 Å². The van der Waals surface area contributed by atoms with Crippen molar-refractivity contribution in [1.82, 2.24) is 0 Å². The van der Waals surface area contributed by atoms with Gasteiger partial charge in [-0.2, -0.15) is 0 Å². The Kier molecular flexibility index (Phi) is 8.49. The molecule has 0 spiro atoms. The number of benzene rings is 7. The van der Waals surface area contributed by atoms with Crippen molar-refractivity contribution >= 4 is 57.2 Å². The van der Waals surface area contributed by atoms with Crippen LogP contribution in [-0.4, -0.2) is 6.71 Å². The Hall–Kier alpha value is -6.00. The molecule has 0 unspecified atom stereocenters. The van der Waals surface area contributed by atoms with Crippen LogP contribution in [0.15, 0.2) is 146 Å². The molecule has 0 aromatic heterocycles. The van der Waals surface area contributed by atoms with Gasteiger partial charge in [0.1, 0.15) is 0 Å². The number of fused-ring (bicyclic) bond motifs is 7. The number of nitrogens with zero attached hydrogens (tertiary/aromatic N) is 2. The molecule has 0 N–H and O–H groups in total. The maximum atomic E-state index is 6.46. The highest BCUT2D eigenvalue weighted by Crippen LogP contribution is 2.53. The molecule has 0 atom stereocenters. The summed E-state index contributed by atoms with van der Waals surface area (Å²) in [6.45, 7) is 19.0. The molecular weight excluding hydrogens is 703 g/mol. The maximum absolute atomic E-state index is 6.46. The van der Waals surface area contributed by atoms with Crippen molar-refractivity contribution in [2.45, 2.75) is 78.6 Å². The number of anilines is 6. The first kappa shape index (κ1) is 36.4. The SMILES string of the molecule is CC(C)c1cc(C(C)C)c(B2c3ccc(N4c5ccccc5Oc5ccccc54)cc3-c3cc(N4c5ccccc5C(C)(C)c5ccccc54)ccc32)c(C(C)C)c1. The van der Waals surface area contributed by atoms with Crippen LogP contribution in [0.2, 0.25) is 0 Å². The second-order valence-corrected chi connectivity index (χ2v) is 17.9. The zero-order chi connectivity index (χ0) is 40.0. The summed E-state index contributed by atoms with van der Waals surface area (Å²) in [4.78, 5) is 4.87. The van der Waals surface area contributed by atoms with Crippen LogP contribution in [-0.2, 0) is 5.41 Å². The van der Waals surface area contributed by atoms with Crippen molar-refractivity contribution in [3.8, 4) is 22.6 Å². The summed E-state index contributed by atoms with van der Waals surface area (Å²) in [5.41, 5.74) is 20.6. The molecule has 0 saturated carbocycles. The first-order valence-corrected chi connectivity index (χ1v) is 21.1. The van der Waals surface area contributed by atoms with Gasteiger partial charge in [-0.05, 0) is 117 Å². The van der Waals surface area contributed by atoms with Gasteiger partial charge in [-0.1, -0.05) is 157 Å². The van der Waals surface area contributed by atoms with E-state index in [0.29, 0.717) is 17.8 Å². The fourth-order valence-corrected chi connectivity index (χ4v) is 10.1. The average Bonchev–Trinajstić information content (AvgIpc) is 3.55. The first-order valence-electron chi connectivity index (χ1n) is 21.1. The molecule has 10 rings (SSSR count). The summed E-state index contributed by atoms with van der Waals surface area (Å²) in [6.07, 6.45) is 0. The third-order valence-electron chi connectivity index (χ3n) is 13.0. The van der Waals surface area contributed by atoms with E-state index < -0.39 is 0 Å². The van der Waals surface area contributed by atoms with Crippen LogP contribution in [0.4, 0.5) is 34.1 Å². The fraction of sp³-hybridized carbons (Fsp3) is 0.222. The fourth-order valence-electron chi connectivity index (χ4n) is 10.1. The zero-order valence-electron chi connectivity index (χ0n) is 35.0. The Balaban J connectivity index is 1.24. The summed E-state index contributed by atoms with van der Waals surface area (Å²) >= 11 is 0. The van der Waals surface area contributed by atoms with Gasteiger partial charge in [0, 0.05) is 16.8 Å². The molecule has 3 nitrogen and oxygen atoms in total. The summed E-state index contributed by atoms with van der Waals surface area (Å²) in [6, 6.07) is 54.3. The highest BCUT2D eigenvalue weighted by atomic mass is 16.5. The lowest BCUT2D eigenvalue weighted by Gasteiger charge is -2.42. The van der Waals surface area contributed by atoms with Crippen LogP contribution in [0.25, 0.3) is 11.1 Å². The number of rotatable bonds is 6. The topological polar surface area (TPSA) is 15.7 Å². The molecule has 3 aliphatic heterocycles. The van der Waals surface area contributed by atoms with E-state index in [-0.39, 0.29) is 12.1 Å². The lowest BCUT2D eigenvalue weighted by molar-refractivity contribution is 0.477. The Morgan fingerprint density at radius 2 is 0.879 bits per heavy atom. The highest BCUT2D eigenvalue weighted by Gasteiger charge is 2.41. The molecule has 0 bridgehead atoms. The first-order chi connectivity index (χ1) is 28.0.